The van der Waals surface area contributed by atoms with Crippen LogP contribution in [0.25, 0.3) is 5.57 Å². The first kappa shape index (κ1) is 21.2. The Morgan fingerprint density at radius 3 is 2.31 bits per heavy atom. The van der Waals surface area contributed by atoms with Crippen LogP contribution in [0.4, 0.5) is 5.69 Å². The van der Waals surface area contributed by atoms with Crippen LogP contribution in [0.15, 0.2) is 78.5 Å². The molecule has 0 aromatic heterocycles. The van der Waals surface area contributed by atoms with E-state index in [0.717, 1.165) is 11.1 Å². The lowest BCUT2D eigenvalue weighted by molar-refractivity contribution is -0.137. The molecule has 0 aliphatic carbocycles. The second kappa shape index (κ2) is 8.98. The van der Waals surface area contributed by atoms with E-state index in [0.29, 0.717) is 22.7 Å². The molecule has 2 amide bonds. The summed E-state index contributed by atoms with van der Waals surface area (Å²) in [5, 5.41) is 3.15. The largest absolute Gasteiger partial charge is 0.497 e. The summed E-state index contributed by atoms with van der Waals surface area (Å²) in [5.41, 5.74) is 3.68. The van der Waals surface area contributed by atoms with Gasteiger partial charge in [-0.05, 0) is 30.7 Å². The Morgan fingerprint density at radius 1 is 0.844 bits per heavy atom. The van der Waals surface area contributed by atoms with Crippen molar-refractivity contribution < 1.29 is 19.1 Å². The average molecular weight is 428 g/mol. The molecule has 0 saturated heterocycles. The third-order valence-corrected chi connectivity index (χ3v) is 5.34. The quantitative estimate of drug-likeness (QED) is 0.565. The first-order chi connectivity index (χ1) is 15.5. The zero-order chi connectivity index (χ0) is 22.7. The van der Waals surface area contributed by atoms with Crippen LogP contribution in [-0.4, -0.2) is 30.9 Å². The van der Waals surface area contributed by atoms with Crippen LogP contribution in [0.5, 0.6) is 11.5 Å². The summed E-state index contributed by atoms with van der Waals surface area (Å²) in [4.78, 5) is 28.2. The lowest BCUT2D eigenvalue weighted by atomic mass is 10.0. The Morgan fingerprint density at radius 2 is 1.59 bits per heavy atom. The van der Waals surface area contributed by atoms with Crippen molar-refractivity contribution in [3.63, 3.8) is 0 Å². The van der Waals surface area contributed by atoms with Crippen LogP contribution in [0.1, 0.15) is 16.7 Å². The Kier molecular flexibility index (Phi) is 5.94. The minimum atomic E-state index is -0.390. The van der Waals surface area contributed by atoms with Gasteiger partial charge in [0.1, 0.15) is 17.2 Å². The van der Waals surface area contributed by atoms with Crippen molar-refractivity contribution in [3.05, 3.63) is 95.2 Å². The molecule has 162 valence electrons. The predicted molar refractivity (Wildman–Crippen MR) is 123 cm³/mol. The van der Waals surface area contributed by atoms with E-state index in [-0.39, 0.29) is 29.6 Å². The van der Waals surface area contributed by atoms with Gasteiger partial charge in [-0.1, -0.05) is 54.1 Å². The maximum atomic E-state index is 13.5. The first-order valence-corrected chi connectivity index (χ1v) is 10.2. The zero-order valence-corrected chi connectivity index (χ0v) is 18.2. The molecule has 1 aliphatic rings. The molecular weight excluding hydrogens is 404 g/mol. The highest BCUT2D eigenvalue weighted by atomic mass is 16.5. The third-order valence-electron chi connectivity index (χ3n) is 5.34. The number of aryl methyl sites for hydroxylation is 1. The Labute approximate surface area is 187 Å². The Balaban J connectivity index is 1.77. The maximum absolute atomic E-state index is 13.5. The summed E-state index contributed by atoms with van der Waals surface area (Å²) in [6.45, 7) is 2.17. The van der Waals surface area contributed by atoms with Crippen molar-refractivity contribution in [2.24, 2.45) is 0 Å². The lowest BCUT2D eigenvalue weighted by Crippen LogP contribution is -2.32. The van der Waals surface area contributed by atoms with Crippen molar-refractivity contribution in [1.29, 1.82) is 0 Å². The van der Waals surface area contributed by atoms with E-state index in [2.05, 4.69) is 5.32 Å². The number of carbonyl (C=O) groups excluding carboxylic acids is 2. The van der Waals surface area contributed by atoms with E-state index in [1.807, 2.05) is 61.5 Å². The Hall–Kier alpha value is -4.06. The highest BCUT2D eigenvalue weighted by Crippen LogP contribution is 2.36. The number of para-hydroxylation sites is 1. The summed E-state index contributed by atoms with van der Waals surface area (Å²) < 4.78 is 10.8. The smallest absolute Gasteiger partial charge is 0.278 e. The van der Waals surface area contributed by atoms with Gasteiger partial charge in [-0.15, -0.1) is 0 Å². The van der Waals surface area contributed by atoms with E-state index >= 15 is 0 Å². The molecule has 0 radical (unpaired) electrons. The molecule has 0 unspecified atom stereocenters. The number of amides is 2. The number of anilines is 1. The molecule has 6 nitrogen and oxygen atoms in total. The van der Waals surface area contributed by atoms with Crippen molar-refractivity contribution in [2.45, 2.75) is 13.5 Å². The molecule has 1 aliphatic heterocycles. The zero-order valence-electron chi connectivity index (χ0n) is 18.2. The van der Waals surface area contributed by atoms with Crippen LogP contribution in [0, 0.1) is 6.92 Å². The second-order valence-electron chi connectivity index (χ2n) is 7.49. The summed E-state index contributed by atoms with van der Waals surface area (Å²) in [6, 6.07) is 22.2. The van der Waals surface area contributed by atoms with Gasteiger partial charge in [0.15, 0.2) is 0 Å². The fraction of sp³-hybridized carbons (Fsp3) is 0.154. The molecule has 0 fully saturated rings. The molecule has 0 bridgehead atoms. The third kappa shape index (κ3) is 4.07. The fourth-order valence-corrected chi connectivity index (χ4v) is 3.66. The van der Waals surface area contributed by atoms with Gasteiger partial charge in [-0.25, -0.2) is 0 Å². The number of hydrogen-bond donors (Lipinski definition) is 1. The number of imide groups is 1. The van der Waals surface area contributed by atoms with Gasteiger partial charge >= 0.3 is 0 Å². The number of methoxy groups -OCH3 is 2. The van der Waals surface area contributed by atoms with Gasteiger partial charge in [0.05, 0.1) is 26.3 Å². The van der Waals surface area contributed by atoms with Crippen LogP contribution < -0.4 is 14.8 Å². The number of nitrogens with one attached hydrogen (secondary N) is 1. The van der Waals surface area contributed by atoms with Crippen molar-refractivity contribution >= 4 is 23.1 Å². The van der Waals surface area contributed by atoms with Crippen molar-refractivity contribution in [2.75, 3.05) is 19.5 Å². The number of nitrogens with zero attached hydrogens (tertiary/aromatic N) is 1. The van der Waals surface area contributed by atoms with Gasteiger partial charge in [0.25, 0.3) is 11.8 Å². The predicted octanol–water partition coefficient (Wildman–Crippen LogP) is 4.40. The fourth-order valence-electron chi connectivity index (χ4n) is 3.66. The normalized spacial score (nSPS) is 13.5. The molecular formula is C26H24N2O4. The molecule has 0 saturated carbocycles. The van der Waals surface area contributed by atoms with Crippen LogP contribution in [0.2, 0.25) is 0 Å². The van der Waals surface area contributed by atoms with E-state index < -0.39 is 0 Å². The summed E-state index contributed by atoms with van der Waals surface area (Å²) >= 11 is 0. The molecule has 1 heterocycles. The van der Waals surface area contributed by atoms with E-state index in [4.69, 9.17) is 9.47 Å². The number of hydrogen-bond acceptors (Lipinski definition) is 5. The number of carbonyl (C=O) groups is 2. The van der Waals surface area contributed by atoms with Crippen LogP contribution in [-0.2, 0) is 16.1 Å². The van der Waals surface area contributed by atoms with Gasteiger partial charge in [0, 0.05) is 17.3 Å². The second-order valence-corrected chi connectivity index (χ2v) is 7.49. The molecule has 4 rings (SSSR count). The highest BCUT2D eigenvalue weighted by Gasteiger charge is 2.40. The average Bonchev–Trinajstić information content (AvgIpc) is 3.04. The van der Waals surface area contributed by atoms with E-state index in [9.17, 15) is 9.59 Å². The molecule has 3 aromatic carbocycles. The van der Waals surface area contributed by atoms with Gasteiger partial charge < -0.3 is 14.8 Å². The van der Waals surface area contributed by atoms with Crippen molar-refractivity contribution in [3.8, 4) is 11.5 Å². The molecule has 3 aromatic rings. The summed E-state index contributed by atoms with van der Waals surface area (Å²) in [7, 11) is 3.12. The summed E-state index contributed by atoms with van der Waals surface area (Å²) in [6.07, 6.45) is 0. The van der Waals surface area contributed by atoms with Crippen LogP contribution >= 0.6 is 0 Å². The number of rotatable bonds is 7. The van der Waals surface area contributed by atoms with Crippen LogP contribution in [0.3, 0.4) is 0 Å². The molecule has 1 N–H and O–H groups in total. The molecule has 32 heavy (non-hydrogen) atoms. The van der Waals surface area contributed by atoms with Gasteiger partial charge in [0.2, 0.25) is 0 Å². The molecule has 0 spiro atoms. The molecule has 0 atom stereocenters. The molecule has 6 heteroatoms. The number of ether oxygens (including phenoxy) is 2. The van der Waals surface area contributed by atoms with Gasteiger partial charge in [-0.2, -0.15) is 0 Å². The Bertz CT molecular complexity index is 1200. The minimum absolute atomic E-state index is 0.180. The monoisotopic (exact) mass is 428 g/mol. The minimum Gasteiger partial charge on any atom is -0.497 e. The summed E-state index contributed by atoms with van der Waals surface area (Å²) in [5.74, 6) is 0.401. The topological polar surface area (TPSA) is 67.9 Å². The van der Waals surface area contributed by atoms with E-state index in [1.165, 1.54) is 4.90 Å². The van der Waals surface area contributed by atoms with Crippen molar-refractivity contribution in [1.82, 2.24) is 4.90 Å². The lowest BCUT2D eigenvalue weighted by Gasteiger charge is -2.16. The maximum Gasteiger partial charge on any atom is 0.278 e. The highest BCUT2D eigenvalue weighted by molar-refractivity contribution is 6.36. The SMILES string of the molecule is COc1cccc(NC2=C(c3ccccc3OC)C(=O)N(Cc3ccc(C)cc3)C2=O)c1. The number of benzene rings is 3. The van der Waals surface area contributed by atoms with E-state index in [1.54, 1.807) is 32.4 Å². The van der Waals surface area contributed by atoms with Gasteiger partial charge in [-0.3, -0.25) is 14.5 Å². The standard InChI is InChI=1S/C26H24N2O4/c1-17-11-13-18(14-12-17)16-28-25(29)23(21-9-4-5-10-22(21)32-3)24(26(28)30)27-19-7-6-8-20(15-19)31-2/h4-15,27H,16H2,1-3H3. The first-order valence-electron chi connectivity index (χ1n) is 10.2.